The van der Waals surface area contributed by atoms with E-state index in [0.717, 1.165) is 11.1 Å². The molecule has 1 aliphatic heterocycles. The van der Waals surface area contributed by atoms with Crippen molar-refractivity contribution in [2.45, 2.75) is 24.6 Å². The number of hydrogen-bond donors (Lipinski definition) is 2. The Bertz CT molecular complexity index is 607. The second-order valence-corrected chi connectivity index (χ2v) is 6.88. The van der Waals surface area contributed by atoms with Gasteiger partial charge in [-0.3, -0.25) is 0 Å². The highest BCUT2D eigenvalue weighted by molar-refractivity contribution is 7.90. The van der Waals surface area contributed by atoms with Gasteiger partial charge in [0.1, 0.15) is 6.61 Å². The third-order valence-corrected chi connectivity index (χ3v) is 5.25. The summed E-state index contributed by atoms with van der Waals surface area (Å²) in [7, 11) is -3.30. The fourth-order valence-electron chi connectivity index (χ4n) is 2.14. The highest BCUT2D eigenvalue weighted by Gasteiger charge is 2.27. The van der Waals surface area contributed by atoms with Gasteiger partial charge in [-0.2, -0.15) is 0 Å². The van der Waals surface area contributed by atoms with Crippen molar-refractivity contribution in [3.8, 4) is 11.8 Å². The Labute approximate surface area is 125 Å². The summed E-state index contributed by atoms with van der Waals surface area (Å²) in [5.74, 6) is 5.36. The third kappa shape index (κ3) is 4.83. The minimum absolute atomic E-state index is 0.174. The SMILES string of the molecule is O=S(=O)(NCc1ccc(C#CCO)cc1)C1CCOCC1. The van der Waals surface area contributed by atoms with Crippen LogP contribution < -0.4 is 4.72 Å². The quantitative estimate of drug-likeness (QED) is 0.800. The molecule has 0 amide bonds. The van der Waals surface area contributed by atoms with Gasteiger partial charge < -0.3 is 9.84 Å². The van der Waals surface area contributed by atoms with Crippen molar-refractivity contribution < 1.29 is 18.3 Å². The van der Waals surface area contributed by atoms with Gasteiger partial charge in [0.15, 0.2) is 0 Å². The predicted octanol–water partition coefficient (Wildman–Crippen LogP) is 0.629. The van der Waals surface area contributed by atoms with Crippen LogP contribution in [0.2, 0.25) is 0 Å². The first-order valence-corrected chi connectivity index (χ1v) is 8.41. The van der Waals surface area contributed by atoms with E-state index in [-0.39, 0.29) is 18.4 Å². The maximum Gasteiger partial charge on any atom is 0.214 e. The molecule has 0 unspecified atom stereocenters. The fraction of sp³-hybridized carbons (Fsp3) is 0.467. The third-order valence-electron chi connectivity index (χ3n) is 3.35. The molecule has 0 atom stereocenters. The number of sulfonamides is 1. The van der Waals surface area contributed by atoms with E-state index in [4.69, 9.17) is 9.84 Å². The molecule has 1 aliphatic rings. The van der Waals surface area contributed by atoms with Gasteiger partial charge >= 0.3 is 0 Å². The molecule has 1 aromatic rings. The zero-order chi connectivity index (χ0) is 15.1. The Hall–Kier alpha value is -1.39. The lowest BCUT2D eigenvalue weighted by Gasteiger charge is -2.22. The maximum atomic E-state index is 12.2. The van der Waals surface area contributed by atoms with E-state index in [0.29, 0.717) is 26.1 Å². The number of aliphatic hydroxyl groups excluding tert-OH is 1. The largest absolute Gasteiger partial charge is 0.384 e. The highest BCUT2D eigenvalue weighted by Crippen LogP contribution is 2.15. The van der Waals surface area contributed by atoms with Crippen molar-refractivity contribution in [1.29, 1.82) is 0 Å². The Morgan fingerprint density at radius 3 is 2.52 bits per heavy atom. The summed E-state index contributed by atoms with van der Waals surface area (Å²) in [6.07, 6.45) is 1.09. The zero-order valence-electron chi connectivity index (χ0n) is 11.7. The lowest BCUT2D eigenvalue weighted by atomic mass is 10.1. The van der Waals surface area contributed by atoms with E-state index in [1.807, 2.05) is 12.1 Å². The van der Waals surface area contributed by atoms with Crippen molar-refractivity contribution in [1.82, 2.24) is 4.72 Å². The van der Waals surface area contributed by atoms with E-state index in [1.165, 1.54) is 0 Å². The summed E-state index contributed by atoms with van der Waals surface area (Å²) in [4.78, 5) is 0. The van der Waals surface area contributed by atoms with E-state index < -0.39 is 10.0 Å². The number of benzene rings is 1. The number of hydrogen-bond acceptors (Lipinski definition) is 4. The van der Waals surface area contributed by atoms with Gasteiger partial charge in [0.2, 0.25) is 10.0 Å². The van der Waals surface area contributed by atoms with Crippen LogP contribution in [0.15, 0.2) is 24.3 Å². The molecule has 1 aromatic carbocycles. The maximum absolute atomic E-state index is 12.2. The predicted molar refractivity (Wildman–Crippen MR) is 80.0 cm³/mol. The molecule has 2 rings (SSSR count). The minimum Gasteiger partial charge on any atom is -0.384 e. The van der Waals surface area contributed by atoms with Gasteiger partial charge in [0.25, 0.3) is 0 Å². The molecule has 0 bridgehead atoms. The van der Waals surface area contributed by atoms with E-state index in [9.17, 15) is 8.42 Å². The number of ether oxygens (including phenoxy) is 1. The van der Waals surface area contributed by atoms with Crippen LogP contribution in [0.4, 0.5) is 0 Å². The Morgan fingerprint density at radius 1 is 1.24 bits per heavy atom. The Morgan fingerprint density at radius 2 is 1.90 bits per heavy atom. The van der Waals surface area contributed by atoms with Crippen LogP contribution in [-0.2, 0) is 21.3 Å². The van der Waals surface area contributed by atoms with Gasteiger partial charge in [0, 0.05) is 25.3 Å². The van der Waals surface area contributed by atoms with Gasteiger partial charge in [-0.15, -0.1) is 0 Å². The molecule has 0 aliphatic carbocycles. The molecule has 1 saturated heterocycles. The average molecular weight is 309 g/mol. The Balaban J connectivity index is 1.92. The molecule has 0 spiro atoms. The molecular formula is C15H19NO4S. The molecule has 114 valence electrons. The highest BCUT2D eigenvalue weighted by atomic mass is 32.2. The van der Waals surface area contributed by atoms with Gasteiger partial charge in [0.05, 0.1) is 5.25 Å². The van der Waals surface area contributed by atoms with E-state index in [2.05, 4.69) is 16.6 Å². The summed E-state index contributed by atoms with van der Waals surface area (Å²) in [5.41, 5.74) is 1.67. The van der Waals surface area contributed by atoms with Crippen molar-refractivity contribution in [2.24, 2.45) is 0 Å². The van der Waals surface area contributed by atoms with Crippen LogP contribution in [0.1, 0.15) is 24.0 Å². The second kappa shape index (κ2) is 7.57. The summed E-state index contributed by atoms with van der Waals surface area (Å²) in [6.45, 7) is 1.10. The minimum atomic E-state index is -3.30. The van der Waals surface area contributed by atoms with Crippen molar-refractivity contribution in [3.63, 3.8) is 0 Å². The fourth-order valence-corrected chi connectivity index (χ4v) is 3.55. The van der Waals surface area contributed by atoms with Crippen LogP contribution >= 0.6 is 0 Å². The number of aliphatic hydroxyl groups is 1. The molecule has 1 fully saturated rings. The number of nitrogens with one attached hydrogen (secondary N) is 1. The zero-order valence-corrected chi connectivity index (χ0v) is 12.5. The summed E-state index contributed by atoms with van der Waals surface area (Å²) in [6, 6.07) is 7.27. The standard InChI is InChI=1S/C15H19NO4S/c17-9-1-2-13-3-5-14(6-4-13)12-16-21(18,19)15-7-10-20-11-8-15/h3-6,15-17H,7-12H2. The van der Waals surface area contributed by atoms with Crippen molar-refractivity contribution in [2.75, 3.05) is 19.8 Å². The summed E-state index contributed by atoms with van der Waals surface area (Å²) in [5, 5.41) is 8.26. The van der Waals surface area contributed by atoms with Crippen LogP contribution in [0.5, 0.6) is 0 Å². The summed E-state index contributed by atoms with van der Waals surface area (Å²) >= 11 is 0. The first kappa shape index (κ1) is 16.0. The summed E-state index contributed by atoms with van der Waals surface area (Å²) < 4.78 is 32.1. The van der Waals surface area contributed by atoms with Crippen LogP contribution in [0.25, 0.3) is 0 Å². The Kier molecular flexibility index (Phi) is 5.76. The normalized spacial score (nSPS) is 16.2. The van der Waals surface area contributed by atoms with E-state index >= 15 is 0 Å². The molecule has 5 nitrogen and oxygen atoms in total. The van der Waals surface area contributed by atoms with Crippen molar-refractivity contribution in [3.05, 3.63) is 35.4 Å². The molecule has 0 saturated carbocycles. The van der Waals surface area contributed by atoms with Crippen molar-refractivity contribution >= 4 is 10.0 Å². The number of rotatable bonds is 4. The smallest absolute Gasteiger partial charge is 0.214 e. The average Bonchev–Trinajstić information content (AvgIpc) is 2.53. The van der Waals surface area contributed by atoms with E-state index in [1.54, 1.807) is 12.1 Å². The lowest BCUT2D eigenvalue weighted by molar-refractivity contribution is 0.0981. The monoisotopic (exact) mass is 309 g/mol. The van der Waals surface area contributed by atoms with Gasteiger partial charge in [-0.25, -0.2) is 13.1 Å². The lowest BCUT2D eigenvalue weighted by Crippen LogP contribution is -2.37. The molecule has 2 N–H and O–H groups in total. The van der Waals surface area contributed by atoms with Gasteiger partial charge in [-0.05, 0) is 30.5 Å². The molecular weight excluding hydrogens is 290 g/mol. The first-order chi connectivity index (χ1) is 10.1. The molecule has 21 heavy (non-hydrogen) atoms. The van der Waals surface area contributed by atoms with Crippen LogP contribution in [0.3, 0.4) is 0 Å². The van der Waals surface area contributed by atoms with Gasteiger partial charge in [-0.1, -0.05) is 24.0 Å². The topological polar surface area (TPSA) is 75.6 Å². The molecule has 0 aromatic heterocycles. The van der Waals surface area contributed by atoms with Crippen LogP contribution in [-0.4, -0.2) is 38.6 Å². The molecule has 6 heteroatoms. The molecule has 0 radical (unpaired) electrons. The second-order valence-electron chi connectivity index (χ2n) is 4.83. The van der Waals surface area contributed by atoms with Crippen LogP contribution in [0, 0.1) is 11.8 Å². The molecule has 1 heterocycles. The first-order valence-electron chi connectivity index (χ1n) is 6.87.